The predicted octanol–water partition coefficient (Wildman–Crippen LogP) is 3.69. The third-order valence-corrected chi connectivity index (χ3v) is 6.12. The third-order valence-electron chi connectivity index (χ3n) is 6.12. The van der Waals surface area contributed by atoms with Gasteiger partial charge in [0.15, 0.2) is 6.61 Å². The monoisotopic (exact) mass is 489 g/mol. The molecule has 0 aliphatic carbocycles. The summed E-state index contributed by atoms with van der Waals surface area (Å²) in [5.41, 5.74) is 0.187. The second-order valence-electron chi connectivity index (χ2n) is 8.62. The van der Waals surface area contributed by atoms with Gasteiger partial charge >= 0.3 is 6.18 Å². The van der Waals surface area contributed by atoms with Crippen molar-refractivity contribution in [1.82, 2.24) is 10.2 Å². The SMILES string of the molecule is O=C(COc1ccc(N2CCCC2=O)cc1)NC(CN1CCCC1=O)c1cccc(C(F)(F)F)c1. The van der Waals surface area contributed by atoms with Crippen LogP contribution >= 0.6 is 0 Å². The Bertz CT molecular complexity index is 1090. The Morgan fingerprint density at radius 2 is 1.71 bits per heavy atom. The molecule has 2 aromatic carbocycles. The maximum Gasteiger partial charge on any atom is 0.416 e. The van der Waals surface area contributed by atoms with E-state index >= 15 is 0 Å². The Balaban J connectivity index is 1.41. The van der Waals surface area contributed by atoms with Crippen LogP contribution in [0.1, 0.15) is 42.9 Å². The molecule has 2 heterocycles. The van der Waals surface area contributed by atoms with Gasteiger partial charge in [0.05, 0.1) is 11.6 Å². The summed E-state index contributed by atoms with van der Waals surface area (Å²) >= 11 is 0. The highest BCUT2D eigenvalue weighted by molar-refractivity contribution is 5.95. The van der Waals surface area contributed by atoms with Crippen LogP contribution in [0.15, 0.2) is 48.5 Å². The van der Waals surface area contributed by atoms with Crippen LogP contribution in [0, 0.1) is 0 Å². The van der Waals surface area contributed by atoms with E-state index in [9.17, 15) is 27.6 Å². The van der Waals surface area contributed by atoms with Gasteiger partial charge in [-0.25, -0.2) is 0 Å². The van der Waals surface area contributed by atoms with Crippen molar-refractivity contribution in [3.8, 4) is 5.75 Å². The van der Waals surface area contributed by atoms with E-state index in [1.165, 1.54) is 12.1 Å². The van der Waals surface area contributed by atoms with E-state index in [2.05, 4.69) is 5.32 Å². The number of amides is 3. The number of nitrogens with one attached hydrogen (secondary N) is 1. The molecule has 2 aliphatic heterocycles. The van der Waals surface area contributed by atoms with Crippen LogP contribution in [-0.2, 0) is 20.6 Å². The minimum Gasteiger partial charge on any atom is -0.484 e. The number of hydrogen-bond donors (Lipinski definition) is 1. The molecule has 2 fully saturated rings. The zero-order valence-corrected chi connectivity index (χ0v) is 19.0. The number of carbonyl (C=O) groups excluding carboxylic acids is 3. The van der Waals surface area contributed by atoms with Gasteiger partial charge in [0.1, 0.15) is 5.75 Å². The van der Waals surface area contributed by atoms with Crippen LogP contribution in [0.3, 0.4) is 0 Å². The van der Waals surface area contributed by atoms with Crippen LogP contribution in [0.4, 0.5) is 18.9 Å². The van der Waals surface area contributed by atoms with Crippen molar-refractivity contribution in [2.45, 2.75) is 37.9 Å². The lowest BCUT2D eigenvalue weighted by molar-refractivity contribution is -0.137. The molecule has 1 N–H and O–H groups in total. The Morgan fingerprint density at radius 3 is 2.34 bits per heavy atom. The molecule has 186 valence electrons. The Labute approximate surface area is 200 Å². The number of rotatable bonds is 8. The summed E-state index contributed by atoms with van der Waals surface area (Å²) in [4.78, 5) is 39.8. The molecular weight excluding hydrogens is 463 g/mol. The summed E-state index contributed by atoms with van der Waals surface area (Å²) in [5.74, 6) is -0.141. The lowest BCUT2D eigenvalue weighted by Crippen LogP contribution is -2.40. The molecule has 0 aromatic heterocycles. The molecule has 2 aromatic rings. The average molecular weight is 489 g/mol. The summed E-state index contributed by atoms with van der Waals surface area (Å²) < 4.78 is 45.2. The highest BCUT2D eigenvalue weighted by atomic mass is 19.4. The van der Waals surface area contributed by atoms with Crippen LogP contribution in [0.2, 0.25) is 0 Å². The minimum absolute atomic E-state index is 0.0650. The molecule has 2 saturated heterocycles. The molecule has 1 unspecified atom stereocenters. The van der Waals surface area contributed by atoms with Gasteiger partial charge in [-0.1, -0.05) is 12.1 Å². The Kier molecular flexibility index (Phi) is 7.28. The summed E-state index contributed by atoms with van der Waals surface area (Å²) in [6.45, 7) is 0.875. The van der Waals surface area contributed by atoms with E-state index in [1.807, 2.05) is 0 Å². The fourth-order valence-electron chi connectivity index (χ4n) is 4.31. The van der Waals surface area contributed by atoms with Crippen LogP contribution in [0.5, 0.6) is 5.75 Å². The summed E-state index contributed by atoms with van der Waals surface area (Å²) in [7, 11) is 0. The summed E-state index contributed by atoms with van der Waals surface area (Å²) in [5, 5.41) is 2.71. The van der Waals surface area contributed by atoms with Crippen molar-refractivity contribution in [3.63, 3.8) is 0 Å². The second-order valence-corrected chi connectivity index (χ2v) is 8.62. The largest absolute Gasteiger partial charge is 0.484 e. The first kappa shape index (κ1) is 24.6. The predicted molar refractivity (Wildman–Crippen MR) is 122 cm³/mol. The number of halogens is 3. The normalized spacial score (nSPS) is 17.1. The number of likely N-dealkylation sites (tertiary alicyclic amines) is 1. The van der Waals surface area contributed by atoms with Crippen LogP contribution < -0.4 is 15.0 Å². The van der Waals surface area contributed by atoms with Gasteiger partial charge in [0, 0.05) is 38.2 Å². The number of carbonyl (C=O) groups is 3. The number of anilines is 1. The van der Waals surface area contributed by atoms with Crippen molar-refractivity contribution in [3.05, 3.63) is 59.7 Å². The molecule has 0 saturated carbocycles. The second kappa shape index (κ2) is 10.4. The molecule has 10 heteroatoms. The first-order valence-electron chi connectivity index (χ1n) is 11.5. The van der Waals surface area contributed by atoms with Gasteiger partial charge in [0.2, 0.25) is 11.8 Å². The molecule has 7 nitrogen and oxygen atoms in total. The van der Waals surface area contributed by atoms with Gasteiger partial charge in [-0.3, -0.25) is 14.4 Å². The standard InChI is InChI=1S/C25H26F3N3O4/c26-25(27,28)18-5-1-4-17(14-18)21(15-30-12-2-6-23(30)33)29-22(32)16-35-20-10-8-19(9-11-20)31-13-3-7-24(31)34/h1,4-5,8-11,14,21H,2-3,6-7,12-13,15-16H2,(H,29,32). The van der Waals surface area contributed by atoms with Crippen molar-refractivity contribution >= 4 is 23.4 Å². The van der Waals surface area contributed by atoms with Crippen LogP contribution in [0.25, 0.3) is 0 Å². The number of nitrogens with zero attached hydrogens (tertiary/aromatic N) is 2. The average Bonchev–Trinajstić information content (AvgIpc) is 3.45. The molecule has 3 amide bonds. The summed E-state index contributed by atoms with van der Waals surface area (Å²) in [6.07, 6.45) is -2.14. The zero-order valence-electron chi connectivity index (χ0n) is 19.0. The van der Waals surface area contributed by atoms with E-state index in [0.717, 1.165) is 24.2 Å². The van der Waals surface area contributed by atoms with Crippen molar-refractivity contribution in [1.29, 1.82) is 0 Å². The fourth-order valence-corrected chi connectivity index (χ4v) is 4.31. The number of benzene rings is 2. The molecule has 0 bridgehead atoms. The van der Waals surface area contributed by atoms with Crippen LogP contribution in [-0.4, -0.2) is 48.9 Å². The minimum atomic E-state index is -4.52. The third kappa shape index (κ3) is 6.12. The van der Waals surface area contributed by atoms with E-state index in [4.69, 9.17) is 4.74 Å². The molecule has 35 heavy (non-hydrogen) atoms. The highest BCUT2D eigenvalue weighted by Crippen LogP contribution is 2.31. The molecule has 4 rings (SSSR count). The first-order chi connectivity index (χ1) is 16.7. The van der Waals surface area contributed by atoms with E-state index < -0.39 is 23.7 Å². The number of alkyl halides is 3. The Morgan fingerprint density at radius 1 is 1.00 bits per heavy atom. The summed E-state index contributed by atoms with van der Waals surface area (Å²) in [6, 6.07) is 10.7. The molecule has 0 radical (unpaired) electrons. The Hall–Kier alpha value is -3.56. The maximum absolute atomic E-state index is 13.2. The molecule has 1 atom stereocenters. The van der Waals surface area contributed by atoms with Gasteiger partial charge in [0.25, 0.3) is 5.91 Å². The molecular formula is C25H26F3N3O4. The maximum atomic E-state index is 13.2. The lowest BCUT2D eigenvalue weighted by atomic mass is 10.0. The van der Waals surface area contributed by atoms with Crippen molar-refractivity contribution in [2.75, 3.05) is 31.1 Å². The fraction of sp³-hybridized carbons (Fsp3) is 0.400. The van der Waals surface area contributed by atoms with Crippen molar-refractivity contribution in [2.24, 2.45) is 0 Å². The molecule has 2 aliphatic rings. The number of hydrogen-bond acceptors (Lipinski definition) is 4. The lowest BCUT2D eigenvalue weighted by Gasteiger charge is -2.26. The zero-order chi connectivity index (χ0) is 25.0. The van der Waals surface area contributed by atoms with Gasteiger partial charge in [-0.15, -0.1) is 0 Å². The smallest absolute Gasteiger partial charge is 0.416 e. The molecule has 0 spiro atoms. The quantitative estimate of drug-likeness (QED) is 0.614. The topological polar surface area (TPSA) is 79.0 Å². The van der Waals surface area contributed by atoms with Gasteiger partial charge < -0.3 is 19.9 Å². The van der Waals surface area contributed by atoms with E-state index in [0.29, 0.717) is 38.1 Å². The van der Waals surface area contributed by atoms with Gasteiger partial charge in [-0.05, 0) is 54.8 Å². The number of ether oxygens (including phenoxy) is 1. The van der Waals surface area contributed by atoms with Gasteiger partial charge in [-0.2, -0.15) is 13.2 Å². The highest BCUT2D eigenvalue weighted by Gasteiger charge is 2.32. The van der Waals surface area contributed by atoms with E-state index in [-0.39, 0.29) is 30.5 Å². The van der Waals surface area contributed by atoms with Crippen molar-refractivity contribution < 1.29 is 32.3 Å². The first-order valence-corrected chi connectivity index (χ1v) is 11.5. The van der Waals surface area contributed by atoms with E-state index in [1.54, 1.807) is 34.1 Å².